The second kappa shape index (κ2) is 59.9. The van der Waals surface area contributed by atoms with Crippen LogP contribution in [-0.2, 0) is 23.8 Å². The number of hydrogen-bond acceptors (Lipinski definition) is 5. The van der Waals surface area contributed by atoms with E-state index in [4.69, 9.17) is 14.2 Å². The zero-order valence-corrected chi connectivity index (χ0v) is 46.0. The maximum Gasteiger partial charge on any atom is 0.306 e. The van der Waals surface area contributed by atoms with E-state index in [9.17, 15) is 9.59 Å². The molecule has 70 heavy (non-hydrogen) atoms. The average molecular weight is 972 g/mol. The monoisotopic (exact) mass is 971 g/mol. The second-order valence-electron chi connectivity index (χ2n) is 19.1. The van der Waals surface area contributed by atoms with Crippen molar-refractivity contribution in [1.82, 2.24) is 0 Å². The van der Waals surface area contributed by atoms with Crippen molar-refractivity contribution in [1.29, 1.82) is 0 Å². The summed E-state index contributed by atoms with van der Waals surface area (Å²) in [6.07, 6.45) is 82.7. The van der Waals surface area contributed by atoms with Crippen molar-refractivity contribution in [2.24, 2.45) is 0 Å². The average Bonchev–Trinajstić information content (AvgIpc) is 3.36. The molecule has 0 fully saturated rings. The quantitative estimate of drug-likeness (QED) is 0.0345. The van der Waals surface area contributed by atoms with Crippen LogP contribution >= 0.6 is 0 Å². The first-order valence-electron chi connectivity index (χ1n) is 29.4. The summed E-state index contributed by atoms with van der Waals surface area (Å²) in [6, 6.07) is 0. The first-order valence-corrected chi connectivity index (χ1v) is 29.4. The highest BCUT2D eigenvalue weighted by Crippen LogP contribution is 2.16. The Morgan fingerprint density at radius 3 is 1.07 bits per heavy atom. The Morgan fingerprint density at radius 2 is 0.657 bits per heavy atom. The molecule has 5 nitrogen and oxygen atoms in total. The first kappa shape index (κ1) is 66.6. The van der Waals surface area contributed by atoms with E-state index in [1.807, 2.05) is 0 Å². The van der Waals surface area contributed by atoms with Gasteiger partial charge in [-0.3, -0.25) is 9.59 Å². The number of rotatable bonds is 53. The first-order chi connectivity index (χ1) is 34.6. The summed E-state index contributed by atoms with van der Waals surface area (Å²) in [7, 11) is 0. The van der Waals surface area contributed by atoms with Crippen LogP contribution in [0, 0.1) is 0 Å². The molecule has 0 bridgehead atoms. The molecule has 0 aliphatic carbocycles. The van der Waals surface area contributed by atoms with Crippen LogP contribution in [-0.4, -0.2) is 37.9 Å². The van der Waals surface area contributed by atoms with E-state index in [1.165, 1.54) is 116 Å². The fraction of sp³-hybridized carbons (Fsp3) is 0.692. The van der Waals surface area contributed by atoms with Gasteiger partial charge in [-0.05, 0) is 96.3 Å². The van der Waals surface area contributed by atoms with Crippen molar-refractivity contribution in [2.75, 3.05) is 19.8 Å². The molecule has 0 N–H and O–H groups in total. The van der Waals surface area contributed by atoms with Crippen LogP contribution in [0.5, 0.6) is 0 Å². The molecule has 0 saturated carbocycles. The predicted molar refractivity (Wildman–Crippen MR) is 306 cm³/mol. The van der Waals surface area contributed by atoms with Gasteiger partial charge in [-0.15, -0.1) is 0 Å². The summed E-state index contributed by atoms with van der Waals surface area (Å²) in [5.41, 5.74) is 0. The minimum absolute atomic E-state index is 0.0420. The fourth-order valence-electron chi connectivity index (χ4n) is 8.01. The normalized spacial score (nSPS) is 13.0. The Morgan fingerprint density at radius 1 is 0.329 bits per heavy atom. The number of esters is 2. The van der Waals surface area contributed by atoms with Crippen LogP contribution in [0.2, 0.25) is 0 Å². The minimum atomic E-state index is -0.578. The third kappa shape index (κ3) is 57.1. The molecule has 0 amide bonds. The summed E-state index contributed by atoms with van der Waals surface area (Å²) < 4.78 is 17.4. The molecule has 0 aromatic rings. The standard InChI is InChI=1S/C65H110O5/c1-4-7-10-13-16-19-22-25-28-31-32-33-36-39-42-45-48-51-54-57-60-68-61-63(70-65(67)59-56-53-50-47-44-41-38-35-30-27-24-21-18-15-12-9-6-3)62-69-64(66)58-55-52-49-46-43-40-37-34-29-26-23-20-17-14-11-8-5-2/h8-9,11-12,17-18,20-21,26-27,29-30,37-38,40-41,46,49,63H,4-7,10,13-16,19,22-25,28,31-36,39,42-45,47-48,50-62H2,1-3H3/b11-8-,12-9-,20-17-,21-18-,29-26-,30-27-,40-37-,41-38-,49-46-. The van der Waals surface area contributed by atoms with Crippen molar-refractivity contribution in [3.8, 4) is 0 Å². The van der Waals surface area contributed by atoms with E-state index in [1.54, 1.807) is 0 Å². The number of carbonyl (C=O) groups excluding carboxylic acids is 2. The van der Waals surface area contributed by atoms with Gasteiger partial charge in [0.25, 0.3) is 0 Å². The van der Waals surface area contributed by atoms with Gasteiger partial charge >= 0.3 is 11.9 Å². The number of unbranched alkanes of at least 4 members (excludes halogenated alkanes) is 24. The third-order valence-electron chi connectivity index (χ3n) is 12.3. The molecule has 0 aromatic heterocycles. The number of ether oxygens (including phenoxy) is 3. The highest BCUT2D eigenvalue weighted by molar-refractivity contribution is 5.70. The Labute approximate surface area is 434 Å². The van der Waals surface area contributed by atoms with Crippen LogP contribution in [0.1, 0.15) is 265 Å². The van der Waals surface area contributed by atoms with Crippen molar-refractivity contribution in [2.45, 2.75) is 271 Å². The summed E-state index contributed by atoms with van der Waals surface area (Å²) in [5, 5.41) is 0. The van der Waals surface area contributed by atoms with Gasteiger partial charge in [0.1, 0.15) is 6.61 Å². The van der Waals surface area contributed by atoms with Crippen molar-refractivity contribution in [3.05, 3.63) is 109 Å². The molecule has 0 rings (SSSR count). The lowest BCUT2D eigenvalue weighted by Crippen LogP contribution is -2.30. The number of hydrogen-bond donors (Lipinski definition) is 0. The van der Waals surface area contributed by atoms with Gasteiger partial charge in [-0.25, -0.2) is 0 Å². The zero-order chi connectivity index (χ0) is 50.6. The van der Waals surface area contributed by atoms with Crippen LogP contribution in [0.3, 0.4) is 0 Å². The van der Waals surface area contributed by atoms with Gasteiger partial charge in [-0.2, -0.15) is 0 Å². The summed E-state index contributed by atoms with van der Waals surface area (Å²) >= 11 is 0. The smallest absolute Gasteiger partial charge is 0.306 e. The summed E-state index contributed by atoms with van der Waals surface area (Å²) in [6.45, 7) is 7.54. The van der Waals surface area contributed by atoms with E-state index in [0.717, 1.165) is 116 Å². The topological polar surface area (TPSA) is 61.8 Å². The SMILES string of the molecule is CC/C=C\C/C=C\C/C=C\C/C=C\C/C=C\CCCC(=O)OCC(COCCCCCCCCCCCCCCCCCCCCCC)OC(=O)CCCCCC/C=C\C/C=C\C/C=C\C/C=C\CC. The zero-order valence-electron chi connectivity index (χ0n) is 46.0. The Bertz CT molecular complexity index is 1380. The number of allylic oxidation sites excluding steroid dienone is 18. The molecule has 0 spiro atoms. The summed E-state index contributed by atoms with van der Waals surface area (Å²) in [4.78, 5) is 25.5. The van der Waals surface area contributed by atoms with E-state index in [2.05, 4.69) is 130 Å². The molecule has 0 saturated heterocycles. The molecule has 5 heteroatoms. The molecule has 1 unspecified atom stereocenters. The molecule has 0 aliphatic heterocycles. The molecular formula is C65H110O5. The largest absolute Gasteiger partial charge is 0.462 e. The van der Waals surface area contributed by atoms with Crippen LogP contribution < -0.4 is 0 Å². The lowest BCUT2D eigenvalue weighted by molar-refractivity contribution is -0.163. The number of carbonyl (C=O) groups is 2. The molecule has 0 aromatic carbocycles. The molecular weight excluding hydrogens is 861 g/mol. The predicted octanol–water partition coefficient (Wildman–Crippen LogP) is 20.3. The molecule has 0 aliphatic rings. The Balaban J connectivity index is 4.38. The Kier molecular flexibility index (Phi) is 56.9. The maximum absolute atomic E-state index is 12.9. The van der Waals surface area contributed by atoms with Crippen molar-refractivity contribution >= 4 is 11.9 Å². The van der Waals surface area contributed by atoms with Gasteiger partial charge in [0.15, 0.2) is 6.10 Å². The van der Waals surface area contributed by atoms with Crippen LogP contribution in [0.4, 0.5) is 0 Å². The molecule has 1 atom stereocenters. The lowest BCUT2D eigenvalue weighted by atomic mass is 10.0. The van der Waals surface area contributed by atoms with Gasteiger partial charge in [-0.1, -0.05) is 265 Å². The lowest BCUT2D eigenvalue weighted by Gasteiger charge is -2.18. The fourth-order valence-corrected chi connectivity index (χ4v) is 8.01. The minimum Gasteiger partial charge on any atom is -0.462 e. The molecule has 0 heterocycles. The Hall–Kier alpha value is -3.44. The van der Waals surface area contributed by atoms with Gasteiger partial charge < -0.3 is 14.2 Å². The molecule has 400 valence electrons. The van der Waals surface area contributed by atoms with E-state index in [0.29, 0.717) is 19.4 Å². The van der Waals surface area contributed by atoms with Crippen LogP contribution in [0.25, 0.3) is 0 Å². The molecule has 0 radical (unpaired) electrons. The van der Waals surface area contributed by atoms with Gasteiger partial charge in [0.2, 0.25) is 0 Å². The highest BCUT2D eigenvalue weighted by atomic mass is 16.6. The van der Waals surface area contributed by atoms with Crippen LogP contribution in [0.15, 0.2) is 109 Å². The van der Waals surface area contributed by atoms with Crippen molar-refractivity contribution in [3.63, 3.8) is 0 Å². The summed E-state index contributed by atoms with van der Waals surface area (Å²) in [5.74, 6) is -0.489. The van der Waals surface area contributed by atoms with E-state index >= 15 is 0 Å². The van der Waals surface area contributed by atoms with Gasteiger partial charge in [0, 0.05) is 19.4 Å². The third-order valence-corrected chi connectivity index (χ3v) is 12.3. The van der Waals surface area contributed by atoms with Gasteiger partial charge in [0.05, 0.1) is 6.61 Å². The highest BCUT2D eigenvalue weighted by Gasteiger charge is 2.17. The van der Waals surface area contributed by atoms with E-state index < -0.39 is 6.10 Å². The second-order valence-corrected chi connectivity index (χ2v) is 19.1. The van der Waals surface area contributed by atoms with E-state index in [-0.39, 0.29) is 25.2 Å². The van der Waals surface area contributed by atoms with Crippen molar-refractivity contribution < 1.29 is 23.8 Å². The maximum atomic E-state index is 12.9.